The number of ether oxygens (including phenoxy) is 1. The zero-order valence-electron chi connectivity index (χ0n) is 11.9. The van der Waals surface area contributed by atoms with Gasteiger partial charge in [0, 0.05) is 18.5 Å². The van der Waals surface area contributed by atoms with E-state index in [0.717, 1.165) is 19.3 Å². The van der Waals surface area contributed by atoms with Crippen molar-refractivity contribution in [2.75, 3.05) is 6.54 Å². The summed E-state index contributed by atoms with van der Waals surface area (Å²) in [6.07, 6.45) is 3.23. The van der Waals surface area contributed by atoms with Crippen molar-refractivity contribution in [2.45, 2.75) is 64.0 Å². The first kappa shape index (κ1) is 14.2. The van der Waals surface area contributed by atoms with Gasteiger partial charge >= 0.3 is 12.1 Å². The van der Waals surface area contributed by atoms with Crippen LogP contribution in [0.25, 0.3) is 0 Å². The van der Waals surface area contributed by atoms with Gasteiger partial charge in [0.15, 0.2) is 0 Å². The molecule has 1 amide bonds. The number of hydrogen-bond acceptors (Lipinski definition) is 3. The highest BCUT2D eigenvalue weighted by molar-refractivity contribution is 5.71. The van der Waals surface area contributed by atoms with Gasteiger partial charge in [-0.3, -0.25) is 4.79 Å². The van der Waals surface area contributed by atoms with Crippen molar-refractivity contribution in [2.24, 2.45) is 5.92 Å². The molecule has 0 aromatic carbocycles. The van der Waals surface area contributed by atoms with E-state index in [9.17, 15) is 9.59 Å². The summed E-state index contributed by atoms with van der Waals surface area (Å²) in [5.74, 6) is -0.139. The van der Waals surface area contributed by atoms with Gasteiger partial charge in [0.1, 0.15) is 5.60 Å². The summed E-state index contributed by atoms with van der Waals surface area (Å²) in [5.41, 5.74) is -0.769. The summed E-state index contributed by atoms with van der Waals surface area (Å²) in [6, 6.07) is 0. The predicted molar refractivity (Wildman–Crippen MR) is 69.9 cm³/mol. The van der Waals surface area contributed by atoms with Crippen LogP contribution < -0.4 is 0 Å². The van der Waals surface area contributed by atoms with E-state index in [-0.39, 0.29) is 18.1 Å². The van der Waals surface area contributed by atoms with Gasteiger partial charge < -0.3 is 14.7 Å². The maximum Gasteiger partial charge on any atom is 0.410 e. The molecule has 1 N–H and O–H groups in total. The van der Waals surface area contributed by atoms with Crippen LogP contribution in [-0.2, 0) is 9.53 Å². The zero-order valence-corrected chi connectivity index (χ0v) is 11.9. The van der Waals surface area contributed by atoms with E-state index in [2.05, 4.69) is 0 Å². The van der Waals surface area contributed by atoms with Gasteiger partial charge in [0.05, 0.1) is 0 Å². The highest BCUT2D eigenvalue weighted by Gasteiger charge is 2.54. The molecule has 0 spiro atoms. The Labute approximate surface area is 113 Å². The van der Waals surface area contributed by atoms with Crippen molar-refractivity contribution < 1.29 is 19.4 Å². The number of carbonyl (C=O) groups excluding carboxylic acids is 1. The molecule has 5 nitrogen and oxygen atoms in total. The first-order valence-corrected chi connectivity index (χ1v) is 6.94. The van der Waals surface area contributed by atoms with Crippen LogP contribution in [0.1, 0.15) is 52.9 Å². The fraction of sp³-hybridized carbons (Fsp3) is 0.857. The lowest BCUT2D eigenvalue weighted by atomic mass is 9.61. The van der Waals surface area contributed by atoms with E-state index >= 15 is 0 Å². The molecule has 2 aliphatic heterocycles. The number of carboxylic acids is 1. The topological polar surface area (TPSA) is 66.8 Å². The summed E-state index contributed by atoms with van der Waals surface area (Å²) in [4.78, 5) is 24.8. The first-order chi connectivity index (χ1) is 8.72. The number of hydrogen-bond donors (Lipinski definition) is 1. The lowest BCUT2D eigenvalue weighted by Gasteiger charge is -2.59. The van der Waals surface area contributed by atoms with Crippen molar-refractivity contribution >= 4 is 12.1 Å². The van der Waals surface area contributed by atoms with Crippen LogP contribution in [0.4, 0.5) is 4.79 Å². The highest BCUT2D eigenvalue weighted by Crippen LogP contribution is 2.51. The Morgan fingerprint density at radius 1 is 1.37 bits per heavy atom. The number of rotatable bonds is 3. The second-order valence-corrected chi connectivity index (χ2v) is 6.81. The largest absolute Gasteiger partial charge is 0.481 e. The second-order valence-electron chi connectivity index (χ2n) is 6.81. The Balaban J connectivity index is 2.04. The molecule has 3 fully saturated rings. The summed E-state index contributed by atoms with van der Waals surface area (Å²) < 4.78 is 5.44. The Bertz CT molecular complexity index is 379. The summed E-state index contributed by atoms with van der Waals surface area (Å²) in [7, 11) is 0. The monoisotopic (exact) mass is 269 g/mol. The Hall–Kier alpha value is -1.26. The van der Waals surface area contributed by atoms with Crippen molar-refractivity contribution in [3.05, 3.63) is 0 Å². The van der Waals surface area contributed by atoms with Crippen LogP contribution in [0.2, 0.25) is 0 Å². The molecule has 19 heavy (non-hydrogen) atoms. The van der Waals surface area contributed by atoms with Gasteiger partial charge in [-0.1, -0.05) is 0 Å². The summed E-state index contributed by atoms with van der Waals surface area (Å²) in [5, 5.41) is 8.85. The van der Waals surface area contributed by atoms with E-state index in [1.165, 1.54) is 0 Å². The molecule has 1 saturated carbocycles. The van der Waals surface area contributed by atoms with Crippen molar-refractivity contribution in [1.82, 2.24) is 4.90 Å². The van der Waals surface area contributed by atoms with Crippen LogP contribution in [0.3, 0.4) is 0 Å². The van der Waals surface area contributed by atoms with E-state index in [4.69, 9.17) is 9.84 Å². The van der Waals surface area contributed by atoms with E-state index < -0.39 is 11.6 Å². The zero-order chi connectivity index (χ0) is 14.3. The molecule has 3 rings (SSSR count). The molecule has 5 heteroatoms. The number of carbonyl (C=O) groups is 2. The average molecular weight is 269 g/mol. The third-order valence-corrected chi connectivity index (χ3v) is 4.09. The molecule has 0 radical (unpaired) electrons. The normalized spacial score (nSPS) is 29.6. The number of aliphatic carboxylic acids is 1. The third kappa shape index (κ3) is 3.01. The van der Waals surface area contributed by atoms with Gasteiger partial charge in [0.25, 0.3) is 0 Å². The third-order valence-electron chi connectivity index (χ3n) is 4.09. The maximum atomic E-state index is 12.3. The van der Waals surface area contributed by atoms with Crippen LogP contribution in [0.15, 0.2) is 0 Å². The van der Waals surface area contributed by atoms with Gasteiger partial charge in [0.2, 0.25) is 0 Å². The SMILES string of the molecule is CC(C)(C)OC(=O)N1CCC2CC1(CCC(=O)O)C2. The van der Waals surface area contributed by atoms with Gasteiger partial charge in [-0.15, -0.1) is 0 Å². The molecule has 3 aliphatic rings. The number of nitrogens with zero attached hydrogens (tertiary/aromatic N) is 1. The van der Waals surface area contributed by atoms with Crippen LogP contribution in [0, 0.1) is 5.92 Å². The standard InChI is InChI=1S/C14H23NO4/c1-13(2,3)19-12(18)15-7-5-10-8-14(15,9-10)6-4-11(16)17/h10H,4-9H2,1-3H3,(H,16,17). The van der Waals surface area contributed by atoms with Crippen LogP contribution in [-0.4, -0.2) is 39.8 Å². The fourth-order valence-corrected chi connectivity index (χ4v) is 3.27. The Morgan fingerprint density at radius 3 is 2.53 bits per heavy atom. The number of piperidine rings is 2. The maximum absolute atomic E-state index is 12.3. The highest BCUT2D eigenvalue weighted by atomic mass is 16.6. The molecular weight excluding hydrogens is 246 g/mol. The smallest absolute Gasteiger partial charge is 0.410 e. The lowest BCUT2D eigenvalue weighted by Crippen LogP contribution is -2.64. The van der Waals surface area contributed by atoms with Crippen molar-refractivity contribution in [3.8, 4) is 0 Å². The van der Waals surface area contributed by atoms with Gasteiger partial charge in [-0.25, -0.2) is 4.79 Å². The van der Waals surface area contributed by atoms with Gasteiger partial charge in [-0.05, 0) is 52.4 Å². The van der Waals surface area contributed by atoms with E-state index in [1.807, 2.05) is 20.8 Å². The minimum Gasteiger partial charge on any atom is -0.481 e. The Kier molecular flexibility index (Phi) is 3.49. The van der Waals surface area contributed by atoms with E-state index in [0.29, 0.717) is 18.9 Å². The number of amides is 1. The molecule has 1 aliphatic carbocycles. The first-order valence-electron chi connectivity index (χ1n) is 6.94. The van der Waals surface area contributed by atoms with Crippen molar-refractivity contribution in [1.29, 1.82) is 0 Å². The minimum atomic E-state index is -0.799. The molecule has 0 aromatic heterocycles. The number of carboxylic acid groups (broad SMARTS) is 1. The van der Waals surface area contributed by atoms with E-state index in [1.54, 1.807) is 4.90 Å². The molecule has 2 bridgehead atoms. The molecule has 2 heterocycles. The summed E-state index contributed by atoms with van der Waals surface area (Å²) in [6.45, 7) is 6.24. The molecule has 108 valence electrons. The second kappa shape index (κ2) is 4.69. The van der Waals surface area contributed by atoms with Crippen LogP contribution >= 0.6 is 0 Å². The molecule has 0 atom stereocenters. The molecule has 0 unspecified atom stereocenters. The molecular formula is C14H23NO4. The fourth-order valence-electron chi connectivity index (χ4n) is 3.27. The Morgan fingerprint density at radius 2 is 2.00 bits per heavy atom. The van der Waals surface area contributed by atoms with Crippen molar-refractivity contribution in [3.63, 3.8) is 0 Å². The molecule has 0 aromatic rings. The lowest BCUT2D eigenvalue weighted by molar-refractivity contribution is -0.140. The average Bonchev–Trinajstić information content (AvgIpc) is 2.22. The number of fused-ring (bicyclic) bond motifs is 2. The quantitative estimate of drug-likeness (QED) is 0.855. The minimum absolute atomic E-state index is 0.117. The molecule has 2 saturated heterocycles. The van der Waals surface area contributed by atoms with Gasteiger partial charge in [-0.2, -0.15) is 0 Å². The summed E-state index contributed by atoms with van der Waals surface area (Å²) >= 11 is 0. The predicted octanol–water partition coefficient (Wildman–Crippen LogP) is 2.64. The van der Waals surface area contributed by atoms with Crippen LogP contribution in [0.5, 0.6) is 0 Å².